The summed E-state index contributed by atoms with van der Waals surface area (Å²) in [5, 5.41) is 3.15. The lowest BCUT2D eigenvalue weighted by Crippen LogP contribution is -2.35. The first kappa shape index (κ1) is 17.2. The number of rotatable bonds is 7. The minimum Gasteiger partial charge on any atom is -0.348 e. The molecule has 0 bridgehead atoms. The number of fused-ring (bicyclic) bond motifs is 1. The number of aryl methyl sites for hydroxylation is 1. The molecule has 0 saturated carbocycles. The van der Waals surface area contributed by atoms with Gasteiger partial charge in [0.2, 0.25) is 5.91 Å². The van der Waals surface area contributed by atoms with Gasteiger partial charge in [0.15, 0.2) is 0 Å². The summed E-state index contributed by atoms with van der Waals surface area (Å²) in [6.45, 7) is 0.764. The highest BCUT2D eigenvalue weighted by Gasteiger charge is 2.15. The largest absolute Gasteiger partial charge is 0.348 e. The SMILES string of the molecule is CN(C)CC(NC(=O)CCc1nc2ccccc2[nH]1)c1ccccc1. The molecule has 2 N–H and O–H groups in total. The molecule has 0 aliphatic carbocycles. The number of likely N-dealkylation sites (N-methyl/N-ethyl adjacent to an activating group) is 1. The van der Waals surface area contributed by atoms with Gasteiger partial charge in [0, 0.05) is 19.4 Å². The summed E-state index contributed by atoms with van der Waals surface area (Å²) in [6.07, 6.45) is 1.01. The van der Waals surface area contributed by atoms with E-state index in [1.54, 1.807) is 0 Å². The summed E-state index contributed by atoms with van der Waals surface area (Å²) in [6, 6.07) is 18.0. The van der Waals surface area contributed by atoms with Crippen LogP contribution in [0, 0.1) is 0 Å². The lowest BCUT2D eigenvalue weighted by atomic mass is 10.1. The van der Waals surface area contributed by atoms with Crippen LogP contribution in [0.3, 0.4) is 0 Å². The Labute approximate surface area is 148 Å². The standard InChI is InChI=1S/C20H24N4O/c1-24(2)14-18(15-8-4-3-5-9-15)23-20(25)13-12-19-21-16-10-6-7-11-17(16)22-19/h3-11,18H,12-14H2,1-2H3,(H,21,22)(H,23,25). The predicted molar refractivity (Wildman–Crippen MR) is 100 cm³/mol. The molecule has 1 atom stereocenters. The average molecular weight is 336 g/mol. The maximum absolute atomic E-state index is 12.4. The summed E-state index contributed by atoms with van der Waals surface area (Å²) in [5.74, 6) is 0.886. The number of hydrogen-bond acceptors (Lipinski definition) is 3. The summed E-state index contributed by atoms with van der Waals surface area (Å²) in [7, 11) is 4.02. The molecule has 5 heteroatoms. The molecule has 3 rings (SSSR count). The quantitative estimate of drug-likeness (QED) is 0.697. The molecule has 2 aromatic carbocycles. The zero-order chi connectivity index (χ0) is 17.6. The van der Waals surface area contributed by atoms with Crippen molar-refractivity contribution in [3.8, 4) is 0 Å². The number of aromatic amines is 1. The molecule has 1 aromatic heterocycles. The number of aromatic nitrogens is 2. The Hall–Kier alpha value is -2.66. The highest BCUT2D eigenvalue weighted by atomic mass is 16.1. The highest BCUT2D eigenvalue weighted by Crippen LogP contribution is 2.15. The van der Waals surface area contributed by atoms with E-state index in [4.69, 9.17) is 0 Å². The maximum Gasteiger partial charge on any atom is 0.220 e. The van der Waals surface area contributed by atoms with E-state index in [0.717, 1.165) is 29.0 Å². The van der Waals surface area contributed by atoms with Crippen LogP contribution >= 0.6 is 0 Å². The van der Waals surface area contributed by atoms with Gasteiger partial charge in [-0.25, -0.2) is 4.98 Å². The summed E-state index contributed by atoms with van der Waals surface area (Å²) < 4.78 is 0. The van der Waals surface area contributed by atoms with Gasteiger partial charge in [-0.15, -0.1) is 0 Å². The molecule has 25 heavy (non-hydrogen) atoms. The van der Waals surface area contributed by atoms with Gasteiger partial charge in [-0.05, 0) is 31.8 Å². The molecule has 0 aliphatic heterocycles. The molecule has 0 saturated heterocycles. The van der Waals surface area contributed by atoms with Crippen molar-refractivity contribution < 1.29 is 4.79 Å². The van der Waals surface area contributed by atoms with Gasteiger partial charge in [0.25, 0.3) is 0 Å². The second kappa shape index (κ2) is 7.94. The van der Waals surface area contributed by atoms with E-state index in [1.165, 1.54) is 0 Å². The second-order valence-corrected chi connectivity index (χ2v) is 6.49. The van der Waals surface area contributed by atoms with Gasteiger partial charge in [0.1, 0.15) is 5.82 Å². The first-order valence-corrected chi connectivity index (χ1v) is 8.54. The van der Waals surface area contributed by atoms with E-state index in [1.807, 2.05) is 68.7 Å². The number of nitrogens with zero attached hydrogens (tertiary/aromatic N) is 2. The van der Waals surface area contributed by atoms with Crippen molar-refractivity contribution in [2.24, 2.45) is 0 Å². The number of benzene rings is 2. The fourth-order valence-corrected chi connectivity index (χ4v) is 2.91. The Balaban J connectivity index is 1.61. The Morgan fingerprint density at radius 3 is 2.56 bits per heavy atom. The van der Waals surface area contributed by atoms with Crippen molar-refractivity contribution in [3.05, 3.63) is 66.0 Å². The van der Waals surface area contributed by atoms with Crippen molar-refractivity contribution in [2.75, 3.05) is 20.6 Å². The highest BCUT2D eigenvalue weighted by molar-refractivity contribution is 5.77. The molecule has 3 aromatic rings. The number of amides is 1. The predicted octanol–water partition coefficient (Wildman–Crippen LogP) is 2.91. The topological polar surface area (TPSA) is 61.0 Å². The average Bonchev–Trinajstić information content (AvgIpc) is 3.03. The van der Waals surface area contributed by atoms with E-state index in [2.05, 4.69) is 20.2 Å². The van der Waals surface area contributed by atoms with Crippen molar-refractivity contribution in [1.82, 2.24) is 20.2 Å². The number of nitrogens with one attached hydrogen (secondary N) is 2. The zero-order valence-corrected chi connectivity index (χ0v) is 14.7. The molecule has 0 aliphatic rings. The molecule has 0 spiro atoms. The Bertz CT molecular complexity index is 793. The number of para-hydroxylation sites is 2. The van der Waals surface area contributed by atoms with Crippen molar-refractivity contribution >= 4 is 16.9 Å². The van der Waals surface area contributed by atoms with Crippen LogP contribution in [0.15, 0.2) is 54.6 Å². The van der Waals surface area contributed by atoms with E-state index in [-0.39, 0.29) is 11.9 Å². The molecule has 1 heterocycles. The van der Waals surface area contributed by atoms with Crippen molar-refractivity contribution in [1.29, 1.82) is 0 Å². The van der Waals surface area contributed by atoms with Crippen LogP contribution in [0.2, 0.25) is 0 Å². The van der Waals surface area contributed by atoms with Gasteiger partial charge in [0.05, 0.1) is 17.1 Å². The van der Waals surface area contributed by atoms with Gasteiger partial charge in [-0.3, -0.25) is 4.79 Å². The number of hydrogen-bond donors (Lipinski definition) is 2. The molecular formula is C20H24N4O. The van der Waals surface area contributed by atoms with Crippen LogP contribution in [0.4, 0.5) is 0 Å². The number of H-pyrrole nitrogens is 1. The van der Waals surface area contributed by atoms with Gasteiger partial charge in [-0.1, -0.05) is 42.5 Å². The van der Waals surface area contributed by atoms with E-state index in [0.29, 0.717) is 12.8 Å². The Kier molecular flexibility index (Phi) is 5.46. The van der Waals surface area contributed by atoms with E-state index < -0.39 is 0 Å². The monoisotopic (exact) mass is 336 g/mol. The van der Waals surface area contributed by atoms with Crippen LogP contribution in [0.25, 0.3) is 11.0 Å². The molecule has 0 radical (unpaired) electrons. The molecular weight excluding hydrogens is 312 g/mol. The molecule has 1 unspecified atom stereocenters. The van der Waals surface area contributed by atoms with Crippen LogP contribution in [-0.2, 0) is 11.2 Å². The van der Waals surface area contributed by atoms with Crippen molar-refractivity contribution in [2.45, 2.75) is 18.9 Å². The van der Waals surface area contributed by atoms with E-state index >= 15 is 0 Å². The molecule has 1 amide bonds. The molecule has 0 fully saturated rings. The Morgan fingerprint density at radius 2 is 1.84 bits per heavy atom. The summed E-state index contributed by atoms with van der Waals surface area (Å²) in [4.78, 5) is 22.3. The van der Waals surface area contributed by atoms with Crippen LogP contribution in [0.5, 0.6) is 0 Å². The third-order valence-corrected chi connectivity index (χ3v) is 4.11. The summed E-state index contributed by atoms with van der Waals surface area (Å²) in [5.41, 5.74) is 3.06. The second-order valence-electron chi connectivity index (χ2n) is 6.49. The van der Waals surface area contributed by atoms with Crippen LogP contribution in [0.1, 0.15) is 23.9 Å². The third kappa shape index (κ3) is 4.67. The first-order valence-electron chi connectivity index (χ1n) is 8.54. The lowest BCUT2D eigenvalue weighted by molar-refractivity contribution is -0.121. The van der Waals surface area contributed by atoms with Crippen LogP contribution in [-0.4, -0.2) is 41.4 Å². The van der Waals surface area contributed by atoms with Crippen LogP contribution < -0.4 is 5.32 Å². The minimum atomic E-state index is -0.0145. The maximum atomic E-state index is 12.4. The molecule has 130 valence electrons. The Morgan fingerprint density at radius 1 is 1.12 bits per heavy atom. The smallest absolute Gasteiger partial charge is 0.220 e. The molecule has 5 nitrogen and oxygen atoms in total. The number of carbonyl (C=O) groups is 1. The minimum absolute atomic E-state index is 0.0145. The number of imidazole rings is 1. The first-order chi connectivity index (χ1) is 12.1. The normalized spacial score (nSPS) is 12.4. The zero-order valence-electron chi connectivity index (χ0n) is 14.7. The van der Waals surface area contributed by atoms with Gasteiger partial charge < -0.3 is 15.2 Å². The number of carbonyl (C=O) groups excluding carboxylic acids is 1. The van der Waals surface area contributed by atoms with Gasteiger partial charge >= 0.3 is 0 Å². The third-order valence-electron chi connectivity index (χ3n) is 4.11. The fourth-order valence-electron chi connectivity index (χ4n) is 2.91. The summed E-state index contributed by atoms with van der Waals surface area (Å²) >= 11 is 0. The lowest BCUT2D eigenvalue weighted by Gasteiger charge is -2.22. The van der Waals surface area contributed by atoms with Crippen molar-refractivity contribution in [3.63, 3.8) is 0 Å². The van der Waals surface area contributed by atoms with E-state index in [9.17, 15) is 4.79 Å². The fraction of sp³-hybridized carbons (Fsp3) is 0.300. The van der Waals surface area contributed by atoms with Gasteiger partial charge in [-0.2, -0.15) is 0 Å².